The molecule has 0 radical (unpaired) electrons. The van der Waals surface area contributed by atoms with Crippen molar-refractivity contribution in [1.29, 1.82) is 0 Å². The van der Waals surface area contributed by atoms with E-state index in [1.165, 1.54) is 0 Å². The number of rotatable bonds is 6. The molecule has 7 heteroatoms. The van der Waals surface area contributed by atoms with Gasteiger partial charge in [-0.05, 0) is 12.8 Å². The first-order valence-electron chi connectivity index (χ1n) is 7.04. The molecule has 1 saturated carbocycles. The van der Waals surface area contributed by atoms with Gasteiger partial charge in [0.15, 0.2) is 5.79 Å². The molecule has 2 N–H and O–H groups in total. The van der Waals surface area contributed by atoms with Gasteiger partial charge in [-0.25, -0.2) is 13.1 Å². The maximum absolute atomic E-state index is 11.5. The van der Waals surface area contributed by atoms with Crippen molar-refractivity contribution in [3.63, 3.8) is 0 Å². The maximum atomic E-state index is 11.5. The van der Waals surface area contributed by atoms with Gasteiger partial charge in [0.05, 0.1) is 19.0 Å². The summed E-state index contributed by atoms with van der Waals surface area (Å²) in [7, 11) is -3.12. The summed E-state index contributed by atoms with van der Waals surface area (Å²) in [4.78, 5) is 0. The second kappa shape index (κ2) is 6.49. The summed E-state index contributed by atoms with van der Waals surface area (Å²) in [5.74, 6) is -0.205. The molecule has 0 aromatic rings. The molecule has 112 valence electrons. The standard InChI is InChI=1S/C12H24N2O4S/c1-2-14-19(15,16)10-7-13-11-3-5-12(6-4-11)17-8-9-18-12/h11,13-14H,2-10H2,1H3. The zero-order valence-corrected chi connectivity index (χ0v) is 12.3. The first-order valence-corrected chi connectivity index (χ1v) is 8.69. The van der Waals surface area contributed by atoms with Crippen molar-refractivity contribution in [3.05, 3.63) is 0 Å². The summed E-state index contributed by atoms with van der Waals surface area (Å²) in [6.45, 7) is 4.11. The van der Waals surface area contributed by atoms with E-state index in [2.05, 4.69) is 10.0 Å². The molecule has 19 heavy (non-hydrogen) atoms. The van der Waals surface area contributed by atoms with Crippen molar-refractivity contribution in [2.24, 2.45) is 0 Å². The van der Waals surface area contributed by atoms with Crippen molar-refractivity contribution in [3.8, 4) is 0 Å². The highest BCUT2D eigenvalue weighted by Gasteiger charge is 2.40. The van der Waals surface area contributed by atoms with Crippen molar-refractivity contribution in [2.45, 2.75) is 44.4 Å². The largest absolute Gasteiger partial charge is 0.348 e. The van der Waals surface area contributed by atoms with E-state index in [-0.39, 0.29) is 11.5 Å². The fourth-order valence-electron chi connectivity index (χ4n) is 2.74. The summed E-state index contributed by atoms with van der Waals surface area (Å²) < 4.78 is 36.8. The van der Waals surface area contributed by atoms with Crippen LogP contribution in [-0.4, -0.2) is 52.3 Å². The Hall–Kier alpha value is -0.210. The second-order valence-electron chi connectivity index (χ2n) is 5.15. The molecule has 0 bridgehead atoms. The molecule has 0 unspecified atom stereocenters. The molecule has 0 atom stereocenters. The Morgan fingerprint density at radius 2 is 1.84 bits per heavy atom. The van der Waals surface area contributed by atoms with E-state index in [0.29, 0.717) is 32.3 Å². The summed E-state index contributed by atoms with van der Waals surface area (Å²) in [5, 5.41) is 3.31. The zero-order valence-electron chi connectivity index (χ0n) is 11.5. The van der Waals surface area contributed by atoms with Crippen LogP contribution in [0.5, 0.6) is 0 Å². The van der Waals surface area contributed by atoms with Crippen molar-refractivity contribution >= 4 is 10.0 Å². The van der Waals surface area contributed by atoms with E-state index in [1.807, 2.05) is 0 Å². The minimum Gasteiger partial charge on any atom is -0.348 e. The summed E-state index contributed by atoms with van der Waals surface area (Å²) in [6.07, 6.45) is 3.73. The average Bonchev–Trinajstić information content (AvgIpc) is 2.80. The highest BCUT2D eigenvalue weighted by atomic mass is 32.2. The van der Waals surface area contributed by atoms with E-state index < -0.39 is 10.0 Å². The fraction of sp³-hybridized carbons (Fsp3) is 1.00. The van der Waals surface area contributed by atoms with Gasteiger partial charge in [-0.2, -0.15) is 0 Å². The number of nitrogens with one attached hydrogen (secondary N) is 2. The van der Waals surface area contributed by atoms with Crippen molar-refractivity contribution < 1.29 is 17.9 Å². The second-order valence-corrected chi connectivity index (χ2v) is 7.08. The minimum absolute atomic E-state index is 0.134. The van der Waals surface area contributed by atoms with Gasteiger partial charge in [0.25, 0.3) is 0 Å². The van der Waals surface area contributed by atoms with E-state index in [9.17, 15) is 8.42 Å². The van der Waals surface area contributed by atoms with Crippen LogP contribution in [0.25, 0.3) is 0 Å². The Kier molecular flexibility index (Phi) is 5.19. The van der Waals surface area contributed by atoms with Gasteiger partial charge in [0.2, 0.25) is 10.0 Å². The highest BCUT2D eigenvalue weighted by molar-refractivity contribution is 7.89. The number of hydrogen-bond donors (Lipinski definition) is 2. The van der Waals surface area contributed by atoms with Crippen molar-refractivity contribution in [2.75, 3.05) is 32.1 Å². The first kappa shape index (κ1) is 15.2. The molecular formula is C12H24N2O4S. The van der Waals surface area contributed by atoms with Crippen LogP contribution in [0.2, 0.25) is 0 Å². The van der Waals surface area contributed by atoms with E-state index in [0.717, 1.165) is 25.7 Å². The molecule has 0 amide bonds. The van der Waals surface area contributed by atoms with Gasteiger partial charge in [0.1, 0.15) is 0 Å². The van der Waals surface area contributed by atoms with E-state index in [1.54, 1.807) is 6.92 Å². The Morgan fingerprint density at radius 3 is 2.42 bits per heavy atom. The smallest absolute Gasteiger partial charge is 0.212 e. The molecule has 1 heterocycles. The third-order valence-electron chi connectivity index (χ3n) is 3.73. The molecule has 0 aromatic carbocycles. The van der Waals surface area contributed by atoms with Crippen LogP contribution < -0.4 is 10.0 Å². The van der Waals surface area contributed by atoms with E-state index in [4.69, 9.17) is 9.47 Å². The lowest BCUT2D eigenvalue weighted by Crippen LogP contribution is -2.43. The van der Waals surface area contributed by atoms with E-state index >= 15 is 0 Å². The molecule has 1 saturated heterocycles. The van der Waals surface area contributed by atoms with Crippen molar-refractivity contribution in [1.82, 2.24) is 10.0 Å². The monoisotopic (exact) mass is 292 g/mol. The third-order valence-corrected chi connectivity index (χ3v) is 5.20. The van der Waals surface area contributed by atoms with Crippen LogP contribution in [0.3, 0.4) is 0 Å². The maximum Gasteiger partial charge on any atom is 0.212 e. The van der Waals surface area contributed by atoms with Crippen LogP contribution in [0.4, 0.5) is 0 Å². The molecule has 2 fully saturated rings. The van der Waals surface area contributed by atoms with Crippen LogP contribution in [0, 0.1) is 0 Å². The van der Waals surface area contributed by atoms with Crippen LogP contribution in [0.15, 0.2) is 0 Å². The van der Waals surface area contributed by atoms with Gasteiger partial charge < -0.3 is 14.8 Å². The quantitative estimate of drug-likeness (QED) is 0.731. The molecule has 2 aliphatic rings. The minimum atomic E-state index is -3.12. The predicted molar refractivity (Wildman–Crippen MR) is 72.4 cm³/mol. The zero-order chi connectivity index (χ0) is 13.8. The fourth-order valence-corrected chi connectivity index (χ4v) is 3.71. The van der Waals surface area contributed by atoms with Gasteiger partial charge in [-0.1, -0.05) is 6.92 Å². The lowest BCUT2D eigenvalue weighted by Gasteiger charge is -2.35. The Bertz CT molecular complexity index is 369. The van der Waals surface area contributed by atoms with Crippen LogP contribution in [0.1, 0.15) is 32.6 Å². The van der Waals surface area contributed by atoms with Crippen LogP contribution >= 0.6 is 0 Å². The first-order chi connectivity index (χ1) is 9.05. The number of hydrogen-bond acceptors (Lipinski definition) is 5. The molecule has 0 aromatic heterocycles. The van der Waals surface area contributed by atoms with Gasteiger partial charge in [-0.15, -0.1) is 0 Å². The Labute approximate surface area is 115 Å². The number of sulfonamides is 1. The molecule has 1 aliphatic heterocycles. The molecule has 1 aliphatic carbocycles. The SMILES string of the molecule is CCNS(=O)(=O)CCNC1CCC2(CC1)OCCO2. The van der Waals surface area contributed by atoms with Crippen LogP contribution in [-0.2, 0) is 19.5 Å². The molecule has 6 nitrogen and oxygen atoms in total. The average molecular weight is 292 g/mol. The predicted octanol–water partition coefficient (Wildman–Crippen LogP) is 0.201. The summed E-state index contributed by atoms with van der Waals surface area (Å²) >= 11 is 0. The number of ether oxygens (including phenoxy) is 2. The lowest BCUT2D eigenvalue weighted by atomic mass is 9.90. The highest BCUT2D eigenvalue weighted by Crippen LogP contribution is 2.35. The molecular weight excluding hydrogens is 268 g/mol. The third kappa shape index (κ3) is 4.39. The molecule has 1 spiro atoms. The Balaban J connectivity index is 1.66. The topological polar surface area (TPSA) is 76.7 Å². The van der Waals surface area contributed by atoms with Gasteiger partial charge in [-0.3, -0.25) is 0 Å². The normalized spacial score (nSPS) is 24.1. The summed E-state index contributed by atoms with van der Waals surface area (Å²) in [5.41, 5.74) is 0. The summed E-state index contributed by atoms with van der Waals surface area (Å²) in [6, 6.07) is 0.371. The Morgan fingerprint density at radius 1 is 1.21 bits per heavy atom. The molecule has 2 rings (SSSR count). The van der Waals surface area contributed by atoms with Gasteiger partial charge >= 0.3 is 0 Å². The lowest BCUT2D eigenvalue weighted by molar-refractivity contribution is -0.179. The van der Waals surface area contributed by atoms with Gasteiger partial charge in [0, 0.05) is 32.0 Å².